The fourth-order valence-electron chi connectivity index (χ4n) is 1.60. The number of para-hydroxylation sites is 1. The first-order valence-corrected chi connectivity index (χ1v) is 7.34. The van der Waals surface area contributed by atoms with Gasteiger partial charge >= 0.3 is 0 Å². The molecular formula is C12H21N3O3S. The Hall–Kier alpha value is -1.15. The predicted octanol–water partition coefficient (Wildman–Crippen LogP) is 0.323. The Balaban J connectivity index is 3.09. The molecule has 6 nitrogen and oxygen atoms in total. The van der Waals surface area contributed by atoms with E-state index in [1.54, 1.807) is 31.4 Å². The molecule has 0 saturated carbocycles. The summed E-state index contributed by atoms with van der Waals surface area (Å²) >= 11 is 0. The van der Waals surface area contributed by atoms with Crippen molar-refractivity contribution in [1.29, 1.82) is 0 Å². The van der Waals surface area contributed by atoms with Crippen molar-refractivity contribution < 1.29 is 13.2 Å². The van der Waals surface area contributed by atoms with Crippen molar-refractivity contribution in [3.05, 3.63) is 24.3 Å². The number of rotatable bonds is 7. The topological polar surface area (TPSA) is 84.7 Å². The van der Waals surface area contributed by atoms with Gasteiger partial charge in [-0.25, -0.2) is 12.7 Å². The summed E-state index contributed by atoms with van der Waals surface area (Å²) in [5.74, 6) is 0. The van der Waals surface area contributed by atoms with Crippen molar-refractivity contribution >= 4 is 15.7 Å². The summed E-state index contributed by atoms with van der Waals surface area (Å²) in [6.45, 7) is 0.761. The van der Waals surface area contributed by atoms with E-state index >= 15 is 0 Å². The van der Waals surface area contributed by atoms with Gasteiger partial charge in [0.25, 0.3) is 0 Å². The van der Waals surface area contributed by atoms with Crippen LogP contribution in [0.1, 0.15) is 0 Å². The van der Waals surface area contributed by atoms with Crippen LogP contribution in [0.3, 0.4) is 0 Å². The van der Waals surface area contributed by atoms with Crippen molar-refractivity contribution in [2.45, 2.75) is 10.9 Å². The molecule has 1 atom stereocenters. The molecule has 0 heterocycles. The zero-order valence-corrected chi connectivity index (χ0v) is 12.3. The first kappa shape index (κ1) is 15.9. The lowest BCUT2D eigenvalue weighted by Gasteiger charge is -2.21. The number of hydrogen-bond donors (Lipinski definition) is 2. The molecule has 1 aromatic carbocycles. The van der Waals surface area contributed by atoms with Gasteiger partial charge in [0.15, 0.2) is 0 Å². The first-order chi connectivity index (χ1) is 8.93. The van der Waals surface area contributed by atoms with E-state index in [0.29, 0.717) is 18.8 Å². The molecule has 0 aliphatic heterocycles. The molecule has 108 valence electrons. The van der Waals surface area contributed by atoms with E-state index in [1.165, 1.54) is 18.4 Å². The number of hydrogen-bond acceptors (Lipinski definition) is 5. The molecule has 0 aliphatic carbocycles. The minimum atomic E-state index is -3.49. The molecule has 0 spiro atoms. The molecule has 0 aliphatic rings. The number of sulfonamides is 1. The van der Waals surface area contributed by atoms with Crippen LogP contribution in [-0.4, -0.2) is 53.1 Å². The van der Waals surface area contributed by atoms with Crippen LogP contribution < -0.4 is 11.1 Å². The number of ether oxygens (including phenoxy) is 1. The lowest BCUT2D eigenvalue weighted by Crippen LogP contribution is -2.34. The molecular weight excluding hydrogens is 266 g/mol. The minimum absolute atomic E-state index is 0.136. The molecule has 1 rings (SSSR count). The zero-order valence-electron chi connectivity index (χ0n) is 11.5. The quantitative estimate of drug-likeness (QED) is 0.754. The molecule has 0 aromatic heterocycles. The van der Waals surface area contributed by atoms with Gasteiger partial charge in [-0.15, -0.1) is 0 Å². The highest BCUT2D eigenvalue weighted by Gasteiger charge is 2.21. The second kappa shape index (κ2) is 6.85. The van der Waals surface area contributed by atoms with Crippen LogP contribution in [0.5, 0.6) is 0 Å². The SMILES string of the molecule is COCC(CN)Nc1ccccc1S(=O)(=O)N(C)C. The Morgan fingerprint density at radius 1 is 1.37 bits per heavy atom. The fraction of sp³-hybridized carbons (Fsp3) is 0.500. The van der Waals surface area contributed by atoms with Gasteiger partial charge in [-0.1, -0.05) is 12.1 Å². The van der Waals surface area contributed by atoms with E-state index in [9.17, 15) is 8.42 Å². The molecule has 7 heteroatoms. The number of nitrogens with one attached hydrogen (secondary N) is 1. The Kier molecular flexibility index (Phi) is 5.74. The number of methoxy groups -OCH3 is 1. The third-order valence-electron chi connectivity index (χ3n) is 2.66. The van der Waals surface area contributed by atoms with Crippen LogP contribution in [0, 0.1) is 0 Å². The summed E-state index contributed by atoms with van der Waals surface area (Å²) in [4.78, 5) is 0.231. The largest absolute Gasteiger partial charge is 0.383 e. The maximum Gasteiger partial charge on any atom is 0.244 e. The summed E-state index contributed by atoms with van der Waals surface area (Å²) in [5.41, 5.74) is 6.15. The minimum Gasteiger partial charge on any atom is -0.383 e. The van der Waals surface area contributed by atoms with Gasteiger partial charge < -0.3 is 15.8 Å². The summed E-state index contributed by atoms with van der Waals surface area (Å²) in [5, 5.41) is 3.10. The number of anilines is 1. The zero-order chi connectivity index (χ0) is 14.5. The van der Waals surface area contributed by atoms with E-state index in [0.717, 1.165) is 0 Å². The lowest BCUT2D eigenvalue weighted by molar-refractivity contribution is 0.187. The highest BCUT2D eigenvalue weighted by molar-refractivity contribution is 7.89. The summed E-state index contributed by atoms with van der Waals surface area (Å²) in [6.07, 6.45) is 0. The highest BCUT2D eigenvalue weighted by atomic mass is 32.2. The predicted molar refractivity (Wildman–Crippen MR) is 75.7 cm³/mol. The van der Waals surface area contributed by atoms with Gasteiger partial charge in [0.05, 0.1) is 18.3 Å². The molecule has 1 unspecified atom stereocenters. The maximum atomic E-state index is 12.2. The Labute approximate surface area is 114 Å². The summed E-state index contributed by atoms with van der Waals surface area (Å²) in [7, 11) is 1.09. The molecule has 1 aromatic rings. The monoisotopic (exact) mass is 287 g/mol. The molecule has 0 bridgehead atoms. The summed E-state index contributed by atoms with van der Waals surface area (Å²) < 4.78 is 30.6. The van der Waals surface area contributed by atoms with Crippen LogP contribution in [0.2, 0.25) is 0 Å². The van der Waals surface area contributed by atoms with Crippen molar-refractivity contribution in [3.8, 4) is 0 Å². The lowest BCUT2D eigenvalue weighted by atomic mass is 10.2. The van der Waals surface area contributed by atoms with E-state index < -0.39 is 10.0 Å². The molecule has 0 radical (unpaired) electrons. The average Bonchev–Trinajstić information content (AvgIpc) is 2.38. The first-order valence-electron chi connectivity index (χ1n) is 5.90. The average molecular weight is 287 g/mol. The molecule has 0 fully saturated rings. The van der Waals surface area contributed by atoms with Crippen LogP contribution in [0.15, 0.2) is 29.2 Å². The molecule has 3 N–H and O–H groups in total. The third-order valence-corrected chi connectivity index (χ3v) is 4.53. The maximum absolute atomic E-state index is 12.2. The van der Waals surface area contributed by atoms with Gasteiger partial charge in [-0.3, -0.25) is 0 Å². The molecule has 0 amide bonds. The van der Waals surface area contributed by atoms with Gasteiger partial charge in [0, 0.05) is 27.7 Å². The number of benzene rings is 1. The van der Waals surface area contributed by atoms with Crippen molar-refractivity contribution in [1.82, 2.24) is 4.31 Å². The smallest absolute Gasteiger partial charge is 0.244 e. The number of nitrogens with zero attached hydrogens (tertiary/aromatic N) is 1. The third kappa shape index (κ3) is 3.90. The normalized spacial score (nSPS) is 13.5. The Bertz CT molecular complexity index is 503. The second-order valence-electron chi connectivity index (χ2n) is 4.32. The van der Waals surface area contributed by atoms with Crippen LogP contribution in [0.4, 0.5) is 5.69 Å². The van der Waals surface area contributed by atoms with Gasteiger partial charge in [-0.2, -0.15) is 0 Å². The van der Waals surface area contributed by atoms with Crippen LogP contribution in [0.25, 0.3) is 0 Å². The standard InChI is InChI=1S/C12H21N3O3S/c1-15(2)19(16,17)12-7-5-4-6-11(12)14-10(8-13)9-18-3/h4-7,10,14H,8-9,13H2,1-3H3. The van der Waals surface area contributed by atoms with Crippen molar-refractivity contribution in [3.63, 3.8) is 0 Å². The van der Waals surface area contributed by atoms with E-state index in [2.05, 4.69) is 5.32 Å². The van der Waals surface area contributed by atoms with Gasteiger partial charge in [0.1, 0.15) is 4.90 Å². The Morgan fingerprint density at radius 3 is 2.53 bits per heavy atom. The van der Waals surface area contributed by atoms with Crippen LogP contribution >= 0.6 is 0 Å². The van der Waals surface area contributed by atoms with Crippen molar-refractivity contribution in [2.75, 3.05) is 39.7 Å². The Morgan fingerprint density at radius 2 is 2.00 bits per heavy atom. The van der Waals surface area contributed by atoms with Gasteiger partial charge in [-0.05, 0) is 12.1 Å². The molecule has 19 heavy (non-hydrogen) atoms. The van der Waals surface area contributed by atoms with E-state index in [4.69, 9.17) is 10.5 Å². The van der Waals surface area contributed by atoms with Crippen LogP contribution in [-0.2, 0) is 14.8 Å². The van der Waals surface area contributed by atoms with Gasteiger partial charge in [0.2, 0.25) is 10.0 Å². The highest BCUT2D eigenvalue weighted by Crippen LogP contribution is 2.23. The van der Waals surface area contributed by atoms with E-state index in [-0.39, 0.29) is 10.9 Å². The number of nitrogens with two attached hydrogens (primary N) is 1. The fourth-order valence-corrected chi connectivity index (χ4v) is 2.65. The summed E-state index contributed by atoms with van der Waals surface area (Å²) in [6, 6.07) is 6.61. The molecule has 0 saturated heterocycles. The second-order valence-corrected chi connectivity index (χ2v) is 6.44. The van der Waals surface area contributed by atoms with E-state index in [1.807, 2.05) is 0 Å². The van der Waals surface area contributed by atoms with Crippen molar-refractivity contribution in [2.24, 2.45) is 5.73 Å².